The minimum absolute atomic E-state index is 0.0833. The maximum atomic E-state index is 12.2. The van der Waals surface area contributed by atoms with Crippen LogP contribution < -0.4 is 10.1 Å². The van der Waals surface area contributed by atoms with Gasteiger partial charge in [-0.15, -0.1) is 0 Å². The topological polar surface area (TPSA) is 38.3 Å². The van der Waals surface area contributed by atoms with Gasteiger partial charge >= 0.3 is 0 Å². The van der Waals surface area contributed by atoms with Crippen molar-refractivity contribution < 1.29 is 9.53 Å². The molecule has 0 aliphatic carbocycles. The number of ether oxygens (including phenoxy) is 1. The zero-order chi connectivity index (χ0) is 16.5. The third-order valence-corrected chi connectivity index (χ3v) is 3.57. The Kier molecular flexibility index (Phi) is 6.42. The van der Waals surface area contributed by atoms with E-state index < -0.39 is 0 Å². The van der Waals surface area contributed by atoms with Crippen molar-refractivity contribution in [2.24, 2.45) is 0 Å². The number of rotatable bonds is 7. The molecule has 0 spiro atoms. The third kappa shape index (κ3) is 4.99. The number of amides is 1. The summed E-state index contributed by atoms with van der Waals surface area (Å²) >= 11 is 0. The van der Waals surface area contributed by atoms with Crippen LogP contribution >= 0.6 is 0 Å². The minimum Gasteiger partial charge on any atom is -0.496 e. The van der Waals surface area contributed by atoms with E-state index in [1.807, 2.05) is 48.5 Å². The Morgan fingerprint density at radius 1 is 1.13 bits per heavy atom. The fourth-order valence-corrected chi connectivity index (χ4v) is 2.26. The fourth-order valence-electron chi connectivity index (χ4n) is 2.26. The van der Waals surface area contributed by atoms with Gasteiger partial charge in [-0.2, -0.15) is 0 Å². The number of nitrogens with one attached hydrogen (secondary N) is 1. The summed E-state index contributed by atoms with van der Waals surface area (Å²) in [6.45, 7) is 2.60. The van der Waals surface area contributed by atoms with E-state index in [1.54, 1.807) is 7.11 Å². The molecule has 23 heavy (non-hydrogen) atoms. The van der Waals surface area contributed by atoms with Gasteiger partial charge in [-0.1, -0.05) is 55.8 Å². The molecule has 0 bridgehead atoms. The Morgan fingerprint density at radius 3 is 2.57 bits per heavy atom. The molecule has 0 fully saturated rings. The average molecular weight is 309 g/mol. The Labute approximate surface area is 138 Å². The van der Waals surface area contributed by atoms with E-state index >= 15 is 0 Å². The van der Waals surface area contributed by atoms with Crippen molar-refractivity contribution in [3.05, 3.63) is 71.3 Å². The first-order chi connectivity index (χ1) is 11.2. The van der Waals surface area contributed by atoms with E-state index in [-0.39, 0.29) is 5.91 Å². The molecule has 0 aliphatic heterocycles. The van der Waals surface area contributed by atoms with Gasteiger partial charge in [0.25, 0.3) is 5.91 Å². The largest absolute Gasteiger partial charge is 0.496 e. The summed E-state index contributed by atoms with van der Waals surface area (Å²) in [5.74, 6) is 0.698. The van der Waals surface area contributed by atoms with E-state index in [4.69, 9.17) is 4.74 Å². The quantitative estimate of drug-likeness (QED) is 0.821. The lowest BCUT2D eigenvalue weighted by molar-refractivity contribution is 0.0950. The van der Waals surface area contributed by atoms with Crippen LogP contribution in [0.2, 0.25) is 0 Å². The van der Waals surface area contributed by atoms with E-state index in [0.717, 1.165) is 29.7 Å². The molecule has 3 heteroatoms. The molecule has 2 aromatic rings. The molecule has 1 N–H and O–H groups in total. The lowest BCUT2D eigenvalue weighted by Gasteiger charge is -2.09. The van der Waals surface area contributed by atoms with Gasteiger partial charge in [-0.3, -0.25) is 4.79 Å². The van der Waals surface area contributed by atoms with Crippen LogP contribution in [0.25, 0.3) is 6.08 Å². The number of unbranched alkanes of at least 4 members (excludes halogenated alkanes) is 1. The highest BCUT2D eigenvalue weighted by Gasteiger charge is 2.07. The van der Waals surface area contributed by atoms with Crippen molar-refractivity contribution in [2.45, 2.75) is 26.3 Å². The van der Waals surface area contributed by atoms with E-state index in [2.05, 4.69) is 24.4 Å². The summed E-state index contributed by atoms with van der Waals surface area (Å²) in [6, 6.07) is 15.3. The molecule has 0 radical (unpaired) electrons. The summed E-state index contributed by atoms with van der Waals surface area (Å²) in [6.07, 6.45) is 6.44. The van der Waals surface area contributed by atoms with Crippen molar-refractivity contribution >= 4 is 12.0 Å². The summed E-state index contributed by atoms with van der Waals surface area (Å²) in [5, 5.41) is 2.92. The lowest BCUT2D eigenvalue weighted by Crippen LogP contribution is -2.22. The van der Waals surface area contributed by atoms with Crippen molar-refractivity contribution in [1.82, 2.24) is 5.32 Å². The van der Waals surface area contributed by atoms with Gasteiger partial charge in [0.05, 0.1) is 7.11 Å². The monoisotopic (exact) mass is 309 g/mol. The third-order valence-electron chi connectivity index (χ3n) is 3.57. The maximum Gasteiger partial charge on any atom is 0.251 e. The molecule has 0 unspecified atom stereocenters. The molecular formula is C20H23NO2. The number of methoxy groups -OCH3 is 1. The molecule has 0 saturated heterocycles. The zero-order valence-corrected chi connectivity index (χ0v) is 13.7. The van der Waals surface area contributed by atoms with Gasteiger partial charge < -0.3 is 10.1 Å². The highest BCUT2D eigenvalue weighted by Crippen LogP contribution is 2.17. The molecule has 0 heterocycles. The SMILES string of the molecule is CCC/C=C/c1ccc(C(=O)NCc2ccccc2OC)cc1. The number of carbonyl (C=O) groups is 1. The second-order valence-corrected chi connectivity index (χ2v) is 5.31. The van der Waals surface area contributed by atoms with E-state index in [0.29, 0.717) is 12.1 Å². The zero-order valence-electron chi connectivity index (χ0n) is 13.7. The molecule has 0 aromatic heterocycles. The fraction of sp³-hybridized carbons (Fsp3) is 0.250. The number of para-hydroxylation sites is 1. The number of allylic oxidation sites excluding steroid dienone is 1. The number of hydrogen-bond donors (Lipinski definition) is 1. The van der Waals surface area contributed by atoms with Crippen LogP contribution in [0.15, 0.2) is 54.6 Å². The van der Waals surface area contributed by atoms with Crippen LogP contribution in [0, 0.1) is 0 Å². The van der Waals surface area contributed by atoms with Gasteiger partial charge in [-0.05, 0) is 30.2 Å². The molecule has 120 valence electrons. The van der Waals surface area contributed by atoms with Gasteiger partial charge in [0.1, 0.15) is 5.75 Å². The minimum atomic E-state index is -0.0833. The summed E-state index contributed by atoms with van der Waals surface area (Å²) in [7, 11) is 1.63. The number of carbonyl (C=O) groups excluding carboxylic acids is 1. The second-order valence-electron chi connectivity index (χ2n) is 5.31. The Balaban J connectivity index is 1.95. The molecular weight excluding hydrogens is 286 g/mol. The maximum absolute atomic E-state index is 12.2. The standard InChI is InChI=1S/C20H23NO2/c1-3-4-5-8-16-11-13-17(14-12-16)20(22)21-15-18-9-6-7-10-19(18)23-2/h5-14H,3-4,15H2,1-2H3,(H,21,22)/b8-5+. The summed E-state index contributed by atoms with van der Waals surface area (Å²) < 4.78 is 5.29. The molecule has 2 aromatic carbocycles. The number of benzene rings is 2. The first kappa shape index (κ1) is 16.8. The smallest absolute Gasteiger partial charge is 0.251 e. The van der Waals surface area contributed by atoms with Gasteiger partial charge in [-0.25, -0.2) is 0 Å². The van der Waals surface area contributed by atoms with Crippen LogP contribution in [-0.4, -0.2) is 13.0 Å². The summed E-state index contributed by atoms with van der Waals surface area (Å²) in [4.78, 5) is 12.2. The summed E-state index contributed by atoms with van der Waals surface area (Å²) in [5.41, 5.74) is 2.73. The first-order valence-corrected chi connectivity index (χ1v) is 7.91. The molecule has 3 nitrogen and oxygen atoms in total. The lowest BCUT2D eigenvalue weighted by atomic mass is 10.1. The second kappa shape index (κ2) is 8.79. The molecule has 0 atom stereocenters. The Morgan fingerprint density at radius 2 is 1.87 bits per heavy atom. The van der Waals surface area contributed by atoms with Crippen LogP contribution in [0.5, 0.6) is 5.75 Å². The van der Waals surface area contributed by atoms with E-state index in [9.17, 15) is 4.79 Å². The van der Waals surface area contributed by atoms with E-state index in [1.165, 1.54) is 0 Å². The molecule has 0 aliphatic rings. The van der Waals surface area contributed by atoms with Crippen molar-refractivity contribution in [3.63, 3.8) is 0 Å². The predicted octanol–water partition coefficient (Wildman–Crippen LogP) is 4.44. The Hall–Kier alpha value is -2.55. The van der Waals surface area contributed by atoms with Crippen LogP contribution in [-0.2, 0) is 6.54 Å². The molecule has 1 amide bonds. The van der Waals surface area contributed by atoms with Crippen LogP contribution in [0.3, 0.4) is 0 Å². The molecule has 2 rings (SSSR count). The average Bonchev–Trinajstić information content (AvgIpc) is 2.60. The van der Waals surface area contributed by atoms with Crippen molar-refractivity contribution in [3.8, 4) is 5.75 Å². The normalized spacial score (nSPS) is 10.7. The van der Waals surface area contributed by atoms with Crippen molar-refractivity contribution in [2.75, 3.05) is 7.11 Å². The van der Waals surface area contributed by atoms with Gasteiger partial charge in [0.2, 0.25) is 0 Å². The van der Waals surface area contributed by atoms with Gasteiger partial charge in [0.15, 0.2) is 0 Å². The Bertz CT molecular complexity index is 660. The predicted molar refractivity (Wildman–Crippen MR) is 94.5 cm³/mol. The van der Waals surface area contributed by atoms with Crippen LogP contribution in [0.1, 0.15) is 41.3 Å². The van der Waals surface area contributed by atoms with Crippen molar-refractivity contribution in [1.29, 1.82) is 0 Å². The van der Waals surface area contributed by atoms with Gasteiger partial charge in [0, 0.05) is 17.7 Å². The highest BCUT2D eigenvalue weighted by atomic mass is 16.5. The number of hydrogen-bond acceptors (Lipinski definition) is 2. The van der Waals surface area contributed by atoms with Crippen LogP contribution in [0.4, 0.5) is 0 Å². The highest BCUT2D eigenvalue weighted by molar-refractivity contribution is 5.94. The molecule has 0 saturated carbocycles. The first-order valence-electron chi connectivity index (χ1n) is 7.91.